The first-order chi connectivity index (χ1) is 17.9. The van der Waals surface area contributed by atoms with Crippen LogP contribution in [0.3, 0.4) is 0 Å². The molecular weight excluding hydrogens is 577 g/mol. The zero-order valence-corrected chi connectivity index (χ0v) is 23.1. The first-order valence-electron chi connectivity index (χ1n) is 11.3. The van der Waals surface area contributed by atoms with Crippen LogP contribution in [0.5, 0.6) is 0 Å². The van der Waals surface area contributed by atoms with Crippen molar-refractivity contribution in [2.45, 2.75) is 37.5 Å². The van der Waals surface area contributed by atoms with E-state index in [4.69, 9.17) is 34.1 Å². The molecule has 38 heavy (non-hydrogen) atoms. The van der Waals surface area contributed by atoms with Gasteiger partial charge in [-0.15, -0.1) is 11.3 Å². The minimum Gasteiger partial charge on any atom is -0.397 e. The number of halogens is 2. The molecule has 0 radical (unpaired) electrons. The van der Waals surface area contributed by atoms with Crippen LogP contribution in [0.15, 0.2) is 36.8 Å². The van der Waals surface area contributed by atoms with Crippen LogP contribution in [0.2, 0.25) is 9.36 Å². The van der Waals surface area contributed by atoms with Gasteiger partial charge in [0.2, 0.25) is 5.78 Å². The highest BCUT2D eigenvalue weighted by Crippen LogP contribution is 2.40. The lowest BCUT2D eigenvalue weighted by molar-refractivity contribution is 0.00778. The minimum absolute atomic E-state index is 0.123. The zero-order chi connectivity index (χ0) is 27.8. The van der Waals surface area contributed by atoms with E-state index in [2.05, 4.69) is 19.5 Å². The van der Waals surface area contributed by atoms with Gasteiger partial charge < -0.3 is 21.3 Å². The van der Waals surface area contributed by atoms with Gasteiger partial charge in [0.25, 0.3) is 0 Å². The molecule has 7 N–H and O–H groups in total. The second-order valence-electron chi connectivity index (χ2n) is 8.92. The van der Waals surface area contributed by atoms with Crippen molar-refractivity contribution < 1.29 is 27.6 Å². The van der Waals surface area contributed by atoms with E-state index in [1.807, 2.05) is 13.0 Å². The Labute approximate surface area is 233 Å². The number of carbonyl (C=O) groups is 1. The quantitative estimate of drug-likeness (QED) is 0.180. The van der Waals surface area contributed by atoms with E-state index >= 15 is 0 Å². The topological polar surface area (TPSA) is 191 Å². The molecule has 0 unspecified atom stereocenters. The van der Waals surface area contributed by atoms with Crippen LogP contribution in [0.1, 0.15) is 45.6 Å². The number of rotatable bonds is 9. The van der Waals surface area contributed by atoms with Crippen LogP contribution < -0.4 is 16.2 Å². The summed E-state index contributed by atoms with van der Waals surface area (Å²) in [5.41, 5.74) is 8.19. The molecule has 1 aliphatic carbocycles. The average Bonchev–Trinajstić information content (AvgIpc) is 3.38. The molecule has 204 valence electrons. The van der Waals surface area contributed by atoms with Crippen molar-refractivity contribution in [3.8, 4) is 0 Å². The Morgan fingerprint density at radius 3 is 2.74 bits per heavy atom. The molecule has 1 saturated carbocycles. The summed E-state index contributed by atoms with van der Waals surface area (Å²) >= 11 is 13.8. The first-order valence-corrected chi connectivity index (χ1v) is 14.4. The number of anilines is 2. The van der Waals surface area contributed by atoms with Crippen molar-refractivity contribution in [1.29, 1.82) is 0 Å². The first kappa shape index (κ1) is 28.6. The van der Waals surface area contributed by atoms with Crippen LogP contribution in [0.4, 0.5) is 11.5 Å². The lowest BCUT2D eigenvalue weighted by Crippen LogP contribution is -2.36. The SMILES string of the molecule is C[C@H](c1cc(C(=O)c2cncnc2N[C@@H]2C[C@H](COS(N)(=O)=O)[C@@H](O)[C@H]2O)sc1Cl)c1cccc(Cl)c1N. The molecule has 4 rings (SSSR count). The average molecular weight is 603 g/mol. The third-order valence-corrected chi connectivity index (χ3v) is 8.67. The number of hydrogen-bond acceptors (Lipinski definition) is 11. The third-order valence-electron chi connectivity index (χ3n) is 6.48. The van der Waals surface area contributed by atoms with Gasteiger partial charge in [-0.3, -0.25) is 8.98 Å². The highest BCUT2D eigenvalue weighted by Gasteiger charge is 2.42. The van der Waals surface area contributed by atoms with Crippen LogP contribution >= 0.6 is 34.5 Å². The molecule has 3 aromatic rings. The number of aromatic nitrogens is 2. The van der Waals surface area contributed by atoms with Gasteiger partial charge in [-0.05, 0) is 29.7 Å². The summed E-state index contributed by atoms with van der Waals surface area (Å²) in [4.78, 5) is 21.9. The van der Waals surface area contributed by atoms with Gasteiger partial charge >= 0.3 is 10.3 Å². The summed E-state index contributed by atoms with van der Waals surface area (Å²) in [6.07, 6.45) is 0.129. The van der Waals surface area contributed by atoms with Crippen molar-refractivity contribution in [2.75, 3.05) is 17.7 Å². The van der Waals surface area contributed by atoms with Gasteiger partial charge in [-0.2, -0.15) is 8.42 Å². The van der Waals surface area contributed by atoms with E-state index in [0.717, 1.165) is 16.9 Å². The molecule has 2 aromatic heterocycles. The number of aliphatic hydroxyl groups is 2. The molecule has 0 amide bonds. The predicted octanol–water partition coefficient (Wildman–Crippen LogP) is 2.55. The summed E-state index contributed by atoms with van der Waals surface area (Å²) in [5, 5.41) is 29.1. The molecule has 0 spiro atoms. The normalized spacial score (nSPS) is 22.4. The number of ketones is 1. The molecule has 2 heterocycles. The molecule has 15 heteroatoms. The molecule has 5 atom stereocenters. The Morgan fingerprint density at radius 1 is 1.29 bits per heavy atom. The smallest absolute Gasteiger partial charge is 0.333 e. The number of nitrogen functional groups attached to an aromatic ring is 1. The molecule has 0 aliphatic heterocycles. The predicted molar refractivity (Wildman–Crippen MR) is 145 cm³/mol. The number of thiophene rings is 1. The fourth-order valence-corrected chi connectivity index (χ4v) is 6.37. The Hall–Kier alpha value is -2.36. The maximum atomic E-state index is 13.5. The number of para-hydroxylation sites is 1. The van der Waals surface area contributed by atoms with Crippen molar-refractivity contribution in [1.82, 2.24) is 9.97 Å². The number of benzene rings is 1. The van der Waals surface area contributed by atoms with E-state index in [1.54, 1.807) is 18.2 Å². The van der Waals surface area contributed by atoms with Gasteiger partial charge in [-0.25, -0.2) is 15.1 Å². The second kappa shape index (κ2) is 11.4. The van der Waals surface area contributed by atoms with Gasteiger partial charge in [0.15, 0.2) is 0 Å². The maximum absolute atomic E-state index is 13.5. The van der Waals surface area contributed by atoms with Gasteiger partial charge in [-0.1, -0.05) is 42.3 Å². The largest absolute Gasteiger partial charge is 0.397 e. The number of nitrogens with two attached hydrogens (primary N) is 2. The monoisotopic (exact) mass is 601 g/mol. The summed E-state index contributed by atoms with van der Waals surface area (Å²) < 4.78 is 27.2. The van der Waals surface area contributed by atoms with E-state index in [0.29, 0.717) is 25.5 Å². The van der Waals surface area contributed by atoms with Crippen LogP contribution in [-0.4, -0.2) is 59.2 Å². The van der Waals surface area contributed by atoms with Crippen LogP contribution in [-0.2, 0) is 14.5 Å². The van der Waals surface area contributed by atoms with Crippen molar-refractivity contribution in [2.24, 2.45) is 11.1 Å². The van der Waals surface area contributed by atoms with Gasteiger partial charge in [0.05, 0.1) is 44.2 Å². The summed E-state index contributed by atoms with van der Waals surface area (Å²) in [5.74, 6) is -1.23. The Morgan fingerprint density at radius 2 is 2.03 bits per heavy atom. The second-order valence-corrected chi connectivity index (χ2v) is 12.2. The summed E-state index contributed by atoms with van der Waals surface area (Å²) in [7, 11) is -4.21. The minimum atomic E-state index is -4.21. The van der Waals surface area contributed by atoms with Gasteiger partial charge in [0, 0.05) is 18.0 Å². The fourth-order valence-electron chi connectivity index (χ4n) is 4.42. The fraction of sp³-hybridized carbons (Fsp3) is 0.348. The molecule has 0 bridgehead atoms. The van der Waals surface area contributed by atoms with Crippen molar-refractivity contribution in [3.05, 3.63) is 67.7 Å². The van der Waals surface area contributed by atoms with Crippen LogP contribution in [0, 0.1) is 5.92 Å². The standard InChI is InChI=1S/C23H25Cl2N5O6S2/c1-10(12-3-2-4-15(24)18(12)26)13-6-17(37-22(13)25)20(32)14-7-28-9-29-23(14)30-16-5-11(19(31)21(16)33)8-36-38(27,34)35/h2-4,6-7,9-11,16,19,21,31,33H,5,8,26H2,1H3,(H2,27,34,35)(H,28,29,30)/t10-,11+,16+,19+,21-/m0/s1. The highest BCUT2D eigenvalue weighted by atomic mass is 35.5. The molecular formula is C23H25Cl2N5O6S2. The molecule has 11 nitrogen and oxygen atoms in total. The summed E-state index contributed by atoms with van der Waals surface area (Å²) in [6.45, 7) is 1.50. The van der Waals surface area contributed by atoms with E-state index < -0.39 is 46.9 Å². The molecule has 1 aromatic carbocycles. The maximum Gasteiger partial charge on any atom is 0.333 e. The number of carbonyl (C=O) groups excluding carboxylic acids is 1. The lowest BCUT2D eigenvalue weighted by atomic mass is 9.93. The Kier molecular flexibility index (Phi) is 8.59. The number of aliphatic hydroxyl groups excluding tert-OH is 2. The molecule has 1 aliphatic rings. The van der Waals surface area contributed by atoms with Gasteiger partial charge in [0.1, 0.15) is 18.2 Å². The third kappa shape index (κ3) is 6.10. The van der Waals surface area contributed by atoms with Crippen LogP contribution in [0.25, 0.3) is 0 Å². The lowest BCUT2D eigenvalue weighted by Gasteiger charge is -2.19. The Bertz CT molecular complexity index is 1450. The molecule has 1 fully saturated rings. The summed E-state index contributed by atoms with van der Waals surface area (Å²) in [6, 6.07) is 6.25. The van der Waals surface area contributed by atoms with E-state index in [1.165, 1.54) is 12.5 Å². The molecule has 0 saturated heterocycles. The highest BCUT2D eigenvalue weighted by molar-refractivity contribution is 7.84. The number of hydrogen-bond donors (Lipinski definition) is 5. The number of nitrogens with one attached hydrogen (secondary N) is 1. The van der Waals surface area contributed by atoms with E-state index in [9.17, 15) is 23.4 Å². The number of nitrogens with zero attached hydrogens (tertiary/aromatic N) is 2. The Balaban J connectivity index is 1.55. The van der Waals surface area contributed by atoms with E-state index in [-0.39, 0.29) is 23.7 Å². The van der Waals surface area contributed by atoms with Crippen molar-refractivity contribution >= 4 is 62.1 Å². The zero-order valence-electron chi connectivity index (χ0n) is 19.9. The van der Waals surface area contributed by atoms with Crippen molar-refractivity contribution in [3.63, 3.8) is 0 Å².